The van der Waals surface area contributed by atoms with Crippen molar-refractivity contribution in [1.82, 2.24) is 4.98 Å². The summed E-state index contributed by atoms with van der Waals surface area (Å²) >= 11 is 5.73. The molecule has 0 unspecified atom stereocenters. The second kappa shape index (κ2) is 4.18. The van der Waals surface area contributed by atoms with Crippen LogP contribution >= 0.6 is 11.6 Å². The maximum absolute atomic E-state index is 9.49. The number of oxazole rings is 1. The van der Waals surface area contributed by atoms with Crippen molar-refractivity contribution < 1.29 is 9.52 Å². The molecule has 0 aliphatic rings. The molecule has 2 rings (SSSR count). The lowest BCUT2D eigenvalue weighted by atomic mass is 10.1. The van der Waals surface area contributed by atoms with Gasteiger partial charge in [-0.2, -0.15) is 0 Å². The number of rotatable bonds is 2. The van der Waals surface area contributed by atoms with Crippen LogP contribution < -0.4 is 0 Å². The number of aromatic hydroxyl groups is 1. The molecular weight excluding hydrogens is 226 g/mol. The lowest BCUT2D eigenvalue weighted by Gasteiger charge is -1.99. The first kappa shape index (κ1) is 11.0. The van der Waals surface area contributed by atoms with Gasteiger partial charge in [-0.05, 0) is 12.1 Å². The Kier molecular flexibility index (Phi) is 2.88. The third kappa shape index (κ3) is 2.04. The molecule has 1 N–H and O–H groups in total. The van der Waals surface area contributed by atoms with Gasteiger partial charge in [-0.15, -0.1) is 0 Å². The maximum Gasteiger partial charge on any atom is 0.197 e. The molecule has 0 bridgehead atoms. The lowest BCUT2D eigenvalue weighted by Crippen LogP contribution is -1.86. The van der Waals surface area contributed by atoms with E-state index in [1.807, 2.05) is 13.8 Å². The Labute approximate surface area is 98.7 Å². The third-order valence-corrected chi connectivity index (χ3v) is 2.58. The Bertz CT molecular complexity index is 505. The predicted molar refractivity (Wildman–Crippen MR) is 62.7 cm³/mol. The molecule has 4 heteroatoms. The Balaban J connectivity index is 2.39. The molecule has 0 radical (unpaired) electrons. The van der Waals surface area contributed by atoms with Crippen LogP contribution in [0.15, 0.2) is 28.9 Å². The normalized spacial score (nSPS) is 11.0. The quantitative estimate of drug-likeness (QED) is 0.864. The smallest absolute Gasteiger partial charge is 0.197 e. The molecule has 0 aliphatic heterocycles. The number of benzene rings is 1. The highest BCUT2D eigenvalue weighted by Crippen LogP contribution is 2.29. The molecule has 16 heavy (non-hydrogen) atoms. The highest BCUT2D eigenvalue weighted by atomic mass is 35.5. The summed E-state index contributed by atoms with van der Waals surface area (Å²) in [5, 5.41) is 9.82. The minimum absolute atomic E-state index is 0.0493. The summed E-state index contributed by atoms with van der Waals surface area (Å²) in [7, 11) is 0. The highest BCUT2D eigenvalue weighted by molar-refractivity contribution is 6.32. The van der Waals surface area contributed by atoms with Gasteiger partial charge in [-0.1, -0.05) is 31.5 Å². The van der Waals surface area contributed by atoms with Crippen molar-refractivity contribution in [2.75, 3.05) is 0 Å². The molecule has 2 aromatic rings. The SMILES string of the molecule is CC(C)c1nc(-c2ccc(Cl)c(O)c2)co1. The van der Waals surface area contributed by atoms with Crippen LogP contribution in [0.1, 0.15) is 25.7 Å². The van der Waals surface area contributed by atoms with Crippen LogP contribution in [0.2, 0.25) is 5.02 Å². The highest BCUT2D eigenvalue weighted by Gasteiger charge is 2.10. The molecule has 84 valence electrons. The average Bonchev–Trinajstić information content (AvgIpc) is 2.71. The second-order valence-corrected chi connectivity index (χ2v) is 4.30. The van der Waals surface area contributed by atoms with E-state index < -0.39 is 0 Å². The number of phenolic OH excluding ortho intramolecular Hbond substituents is 1. The first-order valence-electron chi connectivity index (χ1n) is 5.02. The monoisotopic (exact) mass is 237 g/mol. The van der Waals surface area contributed by atoms with Gasteiger partial charge in [-0.25, -0.2) is 4.98 Å². The van der Waals surface area contributed by atoms with Crippen molar-refractivity contribution in [3.63, 3.8) is 0 Å². The van der Waals surface area contributed by atoms with Crippen LogP contribution in [0, 0.1) is 0 Å². The first-order chi connectivity index (χ1) is 7.58. The van der Waals surface area contributed by atoms with Gasteiger partial charge in [0, 0.05) is 11.5 Å². The molecular formula is C12H12ClNO2. The van der Waals surface area contributed by atoms with Gasteiger partial charge in [0.05, 0.1) is 5.02 Å². The zero-order valence-corrected chi connectivity index (χ0v) is 9.82. The fraction of sp³-hybridized carbons (Fsp3) is 0.250. The van der Waals surface area contributed by atoms with Crippen LogP contribution in [0.3, 0.4) is 0 Å². The molecule has 0 aliphatic carbocycles. The van der Waals surface area contributed by atoms with Crippen LogP contribution in [0.4, 0.5) is 0 Å². The van der Waals surface area contributed by atoms with Gasteiger partial charge in [0.15, 0.2) is 5.89 Å². The van der Waals surface area contributed by atoms with Gasteiger partial charge in [0.25, 0.3) is 0 Å². The lowest BCUT2D eigenvalue weighted by molar-refractivity contribution is 0.471. The number of hydrogen-bond acceptors (Lipinski definition) is 3. The number of aromatic nitrogens is 1. The Morgan fingerprint density at radius 3 is 2.69 bits per heavy atom. The molecule has 0 saturated carbocycles. The molecule has 1 aromatic carbocycles. The maximum atomic E-state index is 9.49. The second-order valence-electron chi connectivity index (χ2n) is 3.89. The average molecular weight is 238 g/mol. The van der Waals surface area contributed by atoms with E-state index in [0.717, 1.165) is 5.56 Å². The van der Waals surface area contributed by atoms with Crippen molar-refractivity contribution in [1.29, 1.82) is 0 Å². The van der Waals surface area contributed by atoms with Crippen LogP contribution in [0.5, 0.6) is 5.75 Å². The molecule has 1 heterocycles. The summed E-state index contributed by atoms with van der Waals surface area (Å²) < 4.78 is 5.32. The summed E-state index contributed by atoms with van der Waals surface area (Å²) in [6.45, 7) is 4.02. The van der Waals surface area contributed by atoms with Gasteiger partial charge in [-0.3, -0.25) is 0 Å². The Hall–Kier alpha value is -1.48. The number of phenols is 1. The zero-order valence-electron chi connectivity index (χ0n) is 9.07. The zero-order chi connectivity index (χ0) is 11.7. The van der Waals surface area contributed by atoms with Crippen molar-refractivity contribution >= 4 is 11.6 Å². The van der Waals surface area contributed by atoms with E-state index in [1.54, 1.807) is 24.5 Å². The van der Waals surface area contributed by atoms with Crippen molar-refractivity contribution in [2.24, 2.45) is 0 Å². The topological polar surface area (TPSA) is 46.3 Å². The summed E-state index contributed by atoms with van der Waals surface area (Å²) in [5.41, 5.74) is 1.49. The van der Waals surface area contributed by atoms with Gasteiger partial charge >= 0.3 is 0 Å². The summed E-state index contributed by atoms with van der Waals surface area (Å²) in [6, 6.07) is 5.00. The molecule has 0 spiro atoms. The van der Waals surface area contributed by atoms with Crippen LogP contribution in [-0.4, -0.2) is 10.1 Å². The van der Waals surface area contributed by atoms with E-state index in [0.29, 0.717) is 16.6 Å². The van der Waals surface area contributed by atoms with Crippen LogP contribution in [-0.2, 0) is 0 Å². The minimum Gasteiger partial charge on any atom is -0.506 e. The summed E-state index contributed by atoms with van der Waals surface area (Å²) in [5.74, 6) is 0.979. The predicted octanol–water partition coefficient (Wildman–Crippen LogP) is 3.82. The van der Waals surface area contributed by atoms with Crippen LogP contribution in [0.25, 0.3) is 11.3 Å². The van der Waals surface area contributed by atoms with Gasteiger partial charge in [0.1, 0.15) is 17.7 Å². The Morgan fingerprint density at radius 2 is 2.12 bits per heavy atom. The molecule has 0 saturated heterocycles. The van der Waals surface area contributed by atoms with E-state index in [1.165, 1.54) is 0 Å². The molecule has 0 atom stereocenters. The molecule has 3 nitrogen and oxygen atoms in total. The van der Waals surface area contributed by atoms with Crippen molar-refractivity contribution in [3.8, 4) is 17.0 Å². The molecule has 0 fully saturated rings. The third-order valence-electron chi connectivity index (χ3n) is 2.26. The van der Waals surface area contributed by atoms with Crippen molar-refractivity contribution in [2.45, 2.75) is 19.8 Å². The number of hydrogen-bond donors (Lipinski definition) is 1. The number of nitrogens with zero attached hydrogens (tertiary/aromatic N) is 1. The number of halogens is 1. The van der Waals surface area contributed by atoms with Crippen molar-refractivity contribution in [3.05, 3.63) is 35.4 Å². The molecule has 1 aromatic heterocycles. The first-order valence-corrected chi connectivity index (χ1v) is 5.40. The van der Waals surface area contributed by atoms with E-state index in [9.17, 15) is 5.11 Å². The van der Waals surface area contributed by atoms with Gasteiger partial charge in [0.2, 0.25) is 0 Å². The van der Waals surface area contributed by atoms with E-state index >= 15 is 0 Å². The van der Waals surface area contributed by atoms with E-state index in [-0.39, 0.29) is 11.7 Å². The van der Waals surface area contributed by atoms with E-state index in [4.69, 9.17) is 16.0 Å². The summed E-state index contributed by atoms with van der Waals surface area (Å²) in [4.78, 5) is 4.33. The summed E-state index contributed by atoms with van der Waals surface area (Å²) in [6.07, 6.45) is 1.58. The minimum atomic E-state index is 0.0493. The van der Waals surface area contributed by atoms with Gasteiger partial charge < -0.3 is 9.52 Å². The Morgan fingerprint density at radius 1 is 1.38 bits per heavy atom. The largest absolute Gasteiger partial charge is 0.506 e. The van der Waals surface area contributed by atoms with E-state index in [2.05, 4.69) is 4.98 Å². The standard InChI is InChI=1S/C12H12ClNO2/c1-7(2)12-14-10(6-16-12)8-3-4-9(13)11(15)5-8/h3-7,15H,1-2H3. The fourth-order valence-corrected chi connectivity index (χ4v) is 1.47. The molecule has 0 amide bonds. The fourth-order valence-electron chi connectivity index (χ4n) is 1.36.